The maximum atomic E-state index is 12.1. The molecule has 3 aromatic heterocycles. The van der Waals surface area contributed by atoms with Gasteiger partial charge in [-0.2, -0.15) is 9.97 Å². The highest BCUT2D eigenvalue weighted by atomic mass is 16.5. The van der Waals surface area contributed by atoms with Gasteiger partial charge >= 0.3 is 0 Å². The molecule has 0 atom stereocenters. The van der Waals surface area contributed by atoms with Crippen LogP contribution in [-0.4, -0.2) is 36.2 Å². The molecule has 0 aliphatic carbocycles. The van der Waals surface area contributed by atoms with E-state index in [1.807, 2.05) is 44.3 Å². The largest absolute Gasteiger partial charge is 0.361 e. The Morgan fingerprint density at radius 1 is 1.26 bits per heavy atom. The molecule has 138 valence electrons. The Labute approximate surface area is 154 Å². The average Bonchev–Trinajstić information content (AvgIpc) is 3.39. The van der Waals surface area contributed by atoms with Crippen molar-refractivity contribution in [1.82, 2.24) is 30.3 Å². The number of aromatic amines is 2. The van der Waals surface area contributed by atoms with Crippen LogP contribution in [0, 0.1) is 0 Å². The number of rotatable bonds is 6. The van der Waals surface area contributed by atoms with E-state index in [2.05, 4.69) is 35.6 Å². The van der Waals surface area contributed by atoms with E-state index in [1.54, 1.807) is 0 Å². The summed E-state index contributed by atoms with van der Waals surface area (Å²) >= 11 is 0. The number of carbonyl (C=O) groups is 1. The van der Waals surface area contributed by atoms with Crippen LogP contribution in [0.2, 0.25) is 0 Å². The predicted octanol–water partition coefficient (Wildman–Crippen LogP) is 3.03. The van der Waals surface area contributed by atoms with Crippen LogP contribution < -0.4 is 5.32 Å². The van der Waals surface area contributed by atoms with Gasteiger partial charge in [0, 0.05) is 41.4 Å². The van der Waals surface area contributed by atoms with Crippen LogP contribution in [0.15, 0.2) is 35.0 Å². The van der Waals surface area contributed by atoms with Gasteiger partial charge in [-0.25, -0.2) is 0 Å². The molecular weight excluding hydrogens is 346 g/mol. The van der Waals surface area contributed by atoms with Crippen LogP contribution in [0.4, 0.5) is 5.95 Å². The van der Waals surface area contributed by atoms with Crippen molar-refractivity contribution >= 4 is 22.8 Å². The Kier molecular flexibility index (Phi) is 4.41. The van der Waals surface area contributed by atoms with Gasteiger partial charge < -0.3 is 9.51 Å². The molecular formula is C18H19N7O2. The Morgan fingerprint density at radius 3 is 2.96 bits per heavy atom. The number of fused-ring (bicyclic) bond motifs is 1. The monoisotopic (exact) mass is 365 g/mol. The van der Waals surface area contributed by atoms with Gasteiger partial charge in [0.15, 0.2) is 0 Å². The molecule has 0 spiro atoms. The Hall–Kier alpha value is -3.49. The number of nitrogens with one attached hydrogen (secondary N) is 3. The Balaban J connectivity index is 1.36. The summed E-state index contributed by atoms with van der Waals surface area (Å²) in [7, 11) is 0. The summed E-state index contributed by atoms with van der Waals surface area (Å²) in [4.78, 5) is 23.8. The summed E-state index contributed by atoms with van der Waals surface area (Å²) in [6.07, 6.45) is 2.42. The zero-order valence-corrected chi connectivity index (χ0v) is 15.0. The van der Waals surface area contributed by atoms with Crippen molar-refractivity contribution in [3.05, 3.63) is 42.2 Å². The van der Waals surface area contributed by atoms with Crippen LogP contribution >= 0.6 is 0 Å². The lowest BCUT2D eigenvalue weighted by Gasteiger charge is -1.98. The van der Waals surface area contributed by atoms with E-state index in [-0.39, 0.29) is 24.2 Å². The number of amides is 1. The smallest absolute Gasteiger partial charge is 0.248 e. The lowest BCUT2D eigenvalue weighted by Crippen LogP contribution is -2.13. The highest BCUT2D eigenvalue weighted by Crippen LogP contribution is 2.22. The van der Waals surface area contributed by atoms with Gasteiger partial charge in [0.2, 0.25) is 23.6 Å². The lowest BCUT2D eigenvalue weighted by atomic mass is 10.1. The van der Waals surface area contributed by atoms with Crippen molar-refractivity contribution in [2.75, 3.05) is 5.32 Å². The Morgan fingerprint density at radius 2 is 2.15 bits per heavy atom. The third-order valence-corrected chi connectivity index (χ3v) is 4.15. The summed E-state index contributed by atoms with van der Waals surface area (Å²) in [5.41, 5.74) is 1.91. The number of H-pyrrole nitrogens is 2. The van der Waals surface area contributed by atoms with Gasteiger partial charge in [0.05, 0.1) is 0 Å². The van der Waals surface area contributed by atoms with E-state index in [1.165, 1.54) is 0 Å². The van der Waals surface area contributed by atoms with Crippen molar-refractivity contribution in [2.45, 2.75) is 32.6 Å². The van der Waals surface area contributed by atoms with Crippen molar-refractivity contribution in [3.8, 4) is 11.4 Å². The number of nitrogens with zero attached hydrogens (tertiary/aromatic N) is 4. The van der Waals surface area contributed by atoms with Crippen LogP contribution in [-0.2, 0) is 11.2 Å². The van der Waals surface area contributed by atoms with E-state index in [4.69, 9.17) is 4.52 Å². The minimum absolute atomic E-state index is 0.198. The maximum Gasteiger partial charge on any atom is 0.248 e. The number of anilines is 1. The van der Waals surface area contributed by atoms with E-state index in [0.717, 1.165) is 22.3 Å². The molecule has 9 nitrogen and oxygen atoms in total. The highest BCUT2D eigenvalue weighted by molar-refractivity contribution is 5.89. The fourth-order valence-electron chi connectivity index (χ4n) is 2.66. The first-order valence-electron chi connectivity index (χ1n) is 8.71. The highest BCUT2D eigenvalue weighted by Gasteiger charge is 2.13. The minimum Gasteiger partial charge on any atom is -0.361 e. The lowest BCUT2D eigenvalue weighted by molar-refractivity contribution is -0.116. The number of aryl methyl sites for hydroxylation is 1. The van der Waals surface area contributed by atoms with Crippen LogP contribution in [0.25, 0.3) is 22.3 Å². The van der Waals surface area contributed by atoms with E-state index < -0.39 is 0 Å². The fourth-order valence-corrected chi connectivity index (χ4v) is 2.66. The Bertz CT molecular complexity index is 1080. The van der Waals surface area contributed by atoms with Crippen LogP contribution in [0.3, 0.4) is 0 Å². The second kappa shape index (κ2) is 7.02. The topological polar surface area (TPSA) is 125 Å². The number of hydrogen-bond acceptors (Lipinski definition) is 6. The number of carbonyl (C=O) groups excluding carboxylic acids is 1. The summed E-state index contributed by atoms with van der Waals surface area (Å²) in [6, 6.07) is 7.87. The van der Waals surface area contributed by atoms with Gasteiger partial charge in [-0.1, -0.05) is 19.0 Å². The molecule has 0 radical (unpaired) electrons. The predicted molar refractivity (Wildman–Crippen MR) is 99.0 cm³/mol. The molecule has 1 amide bonds. The molecule has 0 saturated heterocycles. The third kappa shape index (κ3) is 3.71. The molecule has 27 heavy (non-hydrogen) atoms. The molecule has 3 N–H and O–H groups in total. The summed E-state index contributed by atoms with van der Waals surface area (Å²) in [5, 5.41) is 14.5. The maximum absolute atomic E-state index is 12.1. The van der Waals surface area contributed by atoms with Gasteiger partial charge in [-0.05, 0) is 24.3 Å². The molecule has 1 aromatic carbocycles. The first-order valence-corrected chi connectivity index (χ1v) is 8.71. The second-order valence-corrected chi connectivity index (χ2v) is 6.54. The molecule has 0 bridgehead atoms. The molecule has 4 rings (SSSR count). The quantitative estimate of drug-likeness (QED) is 0.482. The van der Waals surface area contributed by atoms with Crippen molar-refractivity contribution < 1.29 is 9.32 Å². The van der Waals surface area contributed by atoms with Gasteiger partial charge in [-0.15, -0.1) is 5.10 Å². The zero-order valence-electron chi connectivity index (χ0n) is 15.0. The van der Waals surface area contributed by atoms with E-state index >= 15 is 0 Å². The third-order valence-electron chi connectivity index (χ3n) is 4.15. The van der Waals surface area contributed by atoms with Crippen molar-refractivity contribution in [2.24, 2.45) is 0 Å². The van der Waals surface area contributed by atoms with Gasteiger partial charge in [0.25, 0.3) is 0 Å². The van der Waals surface area contributed by atoms with E-state index in [9.17, 15) is 4.79 Å². The van der Waals surface area contributed by atoms with Gasteiger partial charge in [0.1, 0.15) is 5.82 Å². The van der Waals surface area contributed by atoms with Crippen molar-refractivity contribution in [1.29, 1.82) is 0 Å². The second-order valence-electron chi connectivity index (χ2n) is 6.54. The van der Waals surface area contributed by atoms with Crippen LogP contribution in [0.1, 0.15) is 37.9 Å². The summed E-state index contributed by atoms with van der Waals surface area (Å²) < 4.78 is 5.26. The molecule has 0 saturated carbocycles. The van der Waals surface area contributed by atoms with E-state index in [0.29, 0.717) is 18.1 Å². The summed E-state index contributed by atoms with van der Waals surface area (Å²) in [6.45, 7) is 3.99. The van der Waals surface area contributed by atoms with Crippen molar-refractivity contribution in [3.63, 3.8) is 0 Å². The molecule has 0 unspecified atom stereocenters. The molecule has 3 heterocycles. The minimum atomic E-state index is -0.210. The number of aromatic nitrogens is 6. The molecule has 4 aromatic rings. The molecule has 0 aliphatic rings. The SMILES string of the molecule is CC(C)c1nc(NC(=O)CCc2nc(-c3ccc4[nH]ccc4c3)no2)n[nH]1. The normalized spacial score (nSPS) is 11.4. The zero-order chi connectivity index (χ0) is 18.8. The molecule has 0 fully saturated rings. The summed E-state index contributed by atoms with van der Waals surface area (Å²) in [5.74, 6) is 1.92. The van der Waals surface area contributed by atoms with Gasteiger partial charge in [-0.3, -0.25) is 15.2 Å². The first-order chi connectivity index (χ1) is 13.1. The average molecular weight is 365 g/mol. The van der Waals surface area contributed by atoms with Crippen LogP contribution in [0.5, 0.6) is 0 Å². The molecule has 0 aliphatic heterocycles. The number of benzene rings is 1. The first kappa shape index (κ1) is 17.0. The fraction of sp³-hybridized carbons (Fsp3) is 0.278. The standard InChI is InChI=1S/C18H19N7O2/c1-10(2)16-22-18(24-23-16)20-14(26)5-6-15-21-17(25-27-15)12-3-4-13-11(9-12)7-8-19-13/h3-4,7-10,19H,5-6H2,1-2H3,(H2,20,22,23,24,26). The number of hydrogen-bond donors (Lipinski definition) is 3. The molecule has 9 heteroatoms.